The van der Waals surface area contributed by atoms with Gasteiger partial charge in [0.05, 0.1) is 6.61 Å². The van der Waals surface area contributed by atoms with E-state index < -0.39 is 6.72 Å². The van der Waals surface area contributed by atoms with Crippen molar-refractivity contribution in [2.24, 2.45) is 0 Å². The number of rotatable bonds is 22. The Hall–Kier alpha value is -0.510. The first-order valence-corrected chi connectivity index (χ1v) is 14.2. The van der Waals surface area contributed by atoms with Crippen LogP contribution in [0.1, 0.15) is 96.8 Å². The van der Waals surface area contributed by atoms with Crippen LogP contribution in [-0.2, 0) is 30.2 Å². The first-order chi connectivity index (χ1) is 14.6. The quantitative estimate of drug-likeness (QED) is 0.114. The van der Waals surface area contributed by atoms with Crippen LogP contribution in [-0.4, -0.2) is 39.3 Å². The molecule has 1 N–H and O–H groups in total. The van der Waals surface area contributed by atoms with Crippen molar-refractivity contribution in [1.29, 1.82) is 0 Å². The minimum Gasteiger partial charge on any atom is -0.356 e. The van der Waals surface area contributed by atoms with E-state index in [9.17, 15) is 4.79 Å². The number of hydrogen-bond donors (Lipinski definition) is 1. The minimum absolute atomic E-state index is 0.179. The minimum atomic E-state index is -2.70. The summed E-state index contributed by atoms with van der Waals surface area (Å²) in [7, 11) is 1.48. The summed E-state index contributed by atoms with van der Waals surface area (Å²) >= 11 is 5.24. The molecule has 0 saturated heterocycles. The Balaban J connectivity index is 3.44. The van der Waals surface area contributed by atoms with Crippen molar-refractivity contribution >= 4 is 24.4 Å². The molecule has 1 amide bonds. The molecule has 1 unspecified atom stereocenters. The molecule has 0 radical (unpaired) electrons. The van der Waals surface area contributed by atoms with Crippen LogP contribution in [0.3, 0.4) is 0 Å². The molecule has 0 rings (SSSR count). The van der Waals surface area contributed by atoms with Crippen molar-refractivity contribution in [2.75, 3.05) is 33.4 Å². The lowest BCUT2D eigenvalue weighted by molar-refractivity contribution is -0.121. The third kappa shape index (κ3) is 19.5. The molecule has 0 aromatic heterocycles. The van der Waals surface area contributed by atoms with Gasteiger partial charge in [-0.15, -0.1) is 0 Å². The zero-order chi connectivity index (χ0) is 22.3. The number of unbranched alkanes of at least 4 members (excludes halogenated alkanes) is 11. The zero-order valence-corrected chi connectivity index (χ0v) is 20.9. The Morgan fingerprint density at radius 3 is 2.10 bits per heavy atom. The van der Waals surface area contributed by atoms with Crippen LogP contribution in [0.2, 0.25) is 0 Å². The van der Waals surface area contributed by atoms with E-state index in [1.807, 2.05) is 0 Å². The fraction of sp³-hybridized carbons (Fsp3) is 0.909. The zero-order valence-electron chi connectivity index (χ0n) is 19.2. The molecule has 0 saturated carbocycles. The van der Waals surface area contributed by atoms with E-state index in [0.29, 0.717) is 13.0 Å². The molecule has 0 aromatic carbocycles. The van der Waals surface area contributed by atoms with E-state index in [1.54, 1.807) is 0 Å². The Kier molecular flexibility index (Phi) is 21.3. The molecule has 176 valence electrons. The van der Waals surface area contributed by atoms with Gasteiger partial charge in [0.15, 0.2) is 0 Å². The molecule has 30 heavy (non-hydrogen) atoms. The highest BCUT2D eigenvalue weighted by atomic mass is 32.5. The third-order valence-corrected chi connectivity index (χ3v) is 7.35. The molecule has 0 heterocycles. The monoisotopic (exact) mass is 462 g/mol. The Morgan fingerprint density at radius 1 is 0.900 bits per heavy atom. The average molecular weight is 463 g/mol. The van der Waals surface area contributed by atoms with E-state index in [2.05, 4.69) is 17.1 Å². The van der Waals surface area contributed by atoms with Gasteiger partial charge in [0, 0.05) is 20.1 Å². The van der Waals surface area contributed by atoms with Crippen molar-refractivity contribution in [1.82, 2.24) is 5.32 Å². The number of nitrogens with zero attached hydrogens (tertiary/aromatic N) is 1. The van der Waals surface area contributed by atoms with Crippen molar-refractivity contribution in [2.45, 2.75) is 96.8 Å². The smallest absolute Gasteiger partial charge is 0.327 e. The van der Waals surface area contributed by atoms with Crippen LogP contribution in [0, 0.1) is 6.57 Å². The van der Waals surface area contributed by atoms with E-state index in [4.69, 9.17) is 32.0 Å². The van der Waals surface area contributed by atoms with Crippen LogP contribution in [0.15, 0.2) is 0 Å². The predicted molar refractivity (Wildman–Crippen MR) is 128 cm³/mol. The van der Waals surface area contributed by atoms with E-state index in [1.165, 1.54) is 52.1 Å². The summed E-state index contributed by atoms with van der Waals surface area (Å²) in [5.41, 5.74) is 0. The van der Waals surface area contributed by atoms with Gasteiger partial charge in [0.2, 0.25) is 12.5 Å². The Bertz CT molecular complexity index is 500. The Morgan fingerprint density at radius 2 is 1.47 bits per heavy atom. The first kappa shape index (κ1) is 29.5. The van der Waals surface area contributed by atoms with Crippen LogP contribution < -0.4 is 5.32 Å². The topological polar surface area (TPSA) is 61.1 Å². The van der Waals surface area contributed by atoms with Gasteiger partial charge in [0.1, 0.15) is 6.61 Å². The van der Waals surface area contributed by atoms with Crippen molar-refractivity contribution in [3.05, 3.63) is 11.4 Å². The van der Waals surface area contributed by atoms with Gasteiger partial charge in [-0.25, -0.2) is 6.57 Å². The second-order valence-corrected chi connectivity index (χ2v) is 10.6. The standard InChI is InChI=1S/C22H43N2O4PS/c1-4-5-6-7-8-9-10-11-14-17-22(25)24-18-15-12-13-16-20-27-29(30,26-3)28-21-19-23-2/h4-21H2,1,3H3,(H,24,25). The molecule has 0 spiro atoms. The van der Waals surface area contributed by atoms with Gasteiger partial charge in [-0.1, -0.05) is 71.1 Å². The SMILES string of the molecule is [C-]#[N+]CCOP(=S)(OC)OCCCCCCNC(=O)CCCCCCCCCCC. The second-order valence-electron chi connectivity index (χ2n) is 7.52. The van der Waals surface area contributed by atoms with Crippen molar-refractivity contribution < 1.29 is 18.4 Å². The lowest BCUT2D eigenvalue weighted by Crippen LogP contribution is -2.23. The number of amides is 1. The maximum atomic E-state index is 11.9. The third-order valence-electron chi connectivity index (χ3n) is 4.83. The van der Waals surface area contributed by atoms with Gasteiger partial charge in [-0.05, 0) is 31.1 Å². The van der Waals surface area contributed by atoms with Gasteiger partial charge in [-0.2, -0.15) is 0 Å². The molecular formula is C22H43N2O4PS. The molecule has 8 heteroatoms. The molecule has 0 aliphatic heterocycles. The van der Waals surface area contributed by atoms with E-state index in [0.717, 1.165) is 45.1 Å². The maximum Gasteiger partial charge on any atom is 0.327 e. The van der Waals surface area contributed by atoms with E-state index in [-0.39, 0.29) is 19.1 Å². The van der Waals surface area contributed by atoms with Gasteiger partial charge >= 0.3 is 6.72 Å². The fourth-order valence-corrected chi connectivity index (χ4v) is 4.40. The molecule has 0 aromatic rings. The highest BCUT2D eigenvalue weighted by Gasteiger charge is 2.18. The maximum absolute atomic E-state index is 11.9. The predicted octanol–water partition coefficient (Wildman–Crippen LogP) is 6.41. The molecular weight excluding hydrogens is 419 g/mol. The molecule has 0 fully saturated rings. The summed E-state index contributed by atoms with van der Waals surface area (Å²) in [6, 6.07) is 0. The summed E-state index contributed by atoms with van der Waals surface area (Å²) in [5.74, 6) is 0.179. The summed E-state index contributed by atoms with van der Waals surface area (Å²) in [6.07, 6.45) is 16.0. The second kappa shape index (κ2) is 21.7. The fourth-order valence-electron chi connectivity index (χ4n) is 3.01. The van der Waals surface area contributed by atoms with E-state index >= 15 is 0 Å². The summed E-state index contributed by atoms with van der Waals surface area (Å²) < 4.78 is 16.1. The highest BCUT2D eigenvalue weighted by molar-refractivity contribution is 8.07. The van der Waals surface area contributed by atoms with Crippen LogP contribution in [0.25, 0.3) is 4.85 Å². The van der Waals surface area contributed by atoms with Gasteiger partial charge in [-0.3, -0.25) is 4.79 Å². The number of carbonyl (C=O) groups is 1. The normalized spacial score (nSPS) is 13.0. The lowest BCUT2D eigenvalue weighted by atomic mass is 10.1. The highest BCUT2D eigenvalue weighted by Crippen LogP contribution is 2.48. The average Bonchev–Trinajstić information content (AvgIpc) is 2.74. The van der Waals surface area contributed by atoms with Crippen LogP contribution >= 0.6 is 6.72 Å². The van der Waals surface area contributed by atoms with Crippen LogP contribution in [0.4, 0.5) is 0 Å². The van der Waals surface area contributed by atoms with Crippen LogP contribution in [0.5, 0.6) is 0 Å². The Labute approximate surface area is 189 Å². The van der Waals surface area contributed by atoms with Gasteiger partial charge in [0.25, 0.3) is 0 Å². The molecule has 0 aliphatic carbocycles. The molecule has 0 bridgehead atoms. The first-order valence-electron chi connectivity index (χ1n) is 11.6. The van der Waals surface area contributed by atoms with Crippen molar-refractivity contribution in [3.8, 4) is 0 Å². The molecule has 1 atom stereocenters. The van der Waals surface area contributed by atoms with Crippen molar-refractivity contribution in [3.63, 3.8) is 0 Å². The summed E-state index contributed by atoms with van der Waals surface area (Å²) in [6.45, 7) is 8.03. The molecule has 6 nitrogen and oxygen atoms in total. The number of carbonyl (C=O) groups excluding carboxylic acids is 1. The van der Waals surface area contributed by atoms with Gasteiger partial charge < -0.3 is 23.7 Å². The summed E-state index contributed by atoms with van der Waals surface area (Å²) in [5, 5.41) is 3.02. The summed E-state index contributed by atoms with van der Waals surface area (Å²) in [4.78, 5) is 15.1. The molecule has 0 aliphatic rings. The largest absolute Gasteiger partial charge is 0.356 e. The number of nitrogens with one attached hydrogen (secondary N) is 1. The lowest BCUT2D eigenvalue weighted by Gasteiger charge is -2.18. The number of hydrogen-bond acceptors (Lipinski definition) is 5.